The minimum atomic E-state index is -1.23. The topological polar surface area (TPSA) is 97.8 Å². The summed E-state index contributed by atoms with van der Waals surface area (Å²) < 4.78 is 15.9. The second kappa shape index (κ2) is 6.31. The molecule has 8 heteroatoms. The summed E-state index contributed by atoms with van der Waals surface area (Å²) in [6.45, 7) is 1.61. The van der Waals surface area contributed by atoms with Crippen molar-refractivity contribution in [1.82, 2.24) is 15.2 Å². The number of ether oxygens (including phenoxy) is 1. The normalized spacial score (nSPS) is 19.4. The highest BCUT2D eigenvalue weighted by molar-refractivity contribution is 6.06. The number of urea groups is 1. The number of furan rings is 1. The molecule has 3 amide bonds. The van der Waals surface area contributed by atoms with Crippen LogP contribution in [-0.4, -0.2) is 28.9 Å². The second-order valence-electron chi connectivity index (χ2n) is 6.30. The van der Waals surface area contributed by atoms with Gasteiger partial charge in [0.15, 0.2) is 5.54 Å². The second-order valence-corrected chi connectivity index (χ2v) is 6.30. The third-order valence-electron chi connectivity index (χ3n) is 4.50. The first-order chi connectivity index (χ1) is 13.0. The highest BCUT2D eigenvalue weighted by Crippen LogP contribution is 2.30. The summed E-state index contributed by atoms with van der Waals surface area (Å²) in [5, 5.41) is 2.68. The first kappa shape index (κ1) is 16.9. The minimum Gasteiger partial charge on any atom is -0.497 e. The number of nitrogens with zero attached hydrogens (tertiary/aromatic N) is 2. The van der Waals surface area contributed by atoms with Crippen LogP contribution in [0.1, 0.15) is 18.4 Å². The number of aromatic nitrogens is 1. The predicted octanol–water partition coefficient (Wildman–Crippen LogP) is 2.91. The maximum Gasteiger partial charge on any atom is 0.325 e. The summed E-state index contributed by atoms with van der Waals surface area (Å²) in [5.74, 6) is 1.09. The van der Waals surface area contributed by atoms with Crippen LogP contribution in [0.4, 0.5) is 4.79 Å². The molecule has 1 aliphatic rings. The molecule has 8 nitrogen and oxygen atoms in total. The van der Waals surface area contributed by atoms with Crippen LogP contribution in [0.5, 0.6) is 5.75 Å². The first-order valence-electron chi connectivity index (χ1n) is 8.28. The van der Waals surface area contributed by atoms with Gasteiger partial charge in [0, 0.05) is 5.56 Å². The van der Waals surface area contributed by atoms with Crippen molar-refractivity contribution in [1.29, 1.82) is 0 Å². The van der Waals surface area contributed by atoms with Crippen LogP contribution < -0.4 is 10.1 Å². The van der Waals surface area contributed by atoms with E-state index in [0.29, 0.717) is 17.3 Å². The van der Waals surface area contributed by atoms with E-state index < -0.39 is 17.5 Å². The maximum atomic E-state index is 12.8. The maximum absolute atomic E-state index is 12.8. The van der Waals surface area contributed by atoms with Gasteiger partial charge in [-0.15, -0.1) is 0 Å². The van der Waals surface area contributed by atoms with Crippen molar-refractivity contribution in [3.8, 4) is 17.2 Å². The molecule has 1 N–H and O–H groups in total. The summed E-state index contributed by atoms with van der Waals surface area (Å²) in [6, 6.07) is 10.0. The zero-order valence-corrected chi connectivity index (χ0v) is 14.8. The Morgan fingerprint density at radius 3 is 2.63 bits per heavy atom. The van der Waals surface area contributed by atoms with Crippen LogP contribution in [0, 0.1) is 0 Å². The van der Waals surface area contributed by atoms with Gasteiger partial charge >= 0.3 is 6.03 Å². The van der Waals surface area contributed by atoms with Crippen LogP contribution in [0.25, 0.3) is 11.5 Å². The molecule has 1 saturated heterocycles. The van der Waals surface area contributed by atoms with Crippen molar-refractivity contribution in [3.05, 3.63) is 60.4 Å². The zero-order valence-electron chi connectivity index (χ0n) is 14.8. The number of methoxy groups -OCH3 is 1. The number of oxazole rings is 1. The van der Waals surface area contributed by atoms with Gasteiger partial charge in [0.25, 0.3) is 5.91 Å². The van der Waals surface area contributed by atoms with Crippen molar-refractivity contribution >= 4 is 11.9 Å². The number of benzene rings is 1. The Morgan fingerprint density at radius 2 is 1.96 bits per heavy atom. The van der Waals surface area contributed by atoms with Crippen LogP contribution in [-0.2, 0) is 16.9 Å². The van der Waals surface area contributed by atoms with Gasteiger partial charge in [-0.2, -0.15) is 0 Å². The lowest BCUT2D eigenvalue weighted by Gasteiger charge is -2.18. The van der Waals surface area contributed by atoms with E-state index in [0.717, 1.165) is 16.2 Å². The molecule has 0 spiro atoms. The molecule has 27 heavy (non-hydrogen) atoms. The first-order valence-corrected chi connectivity index (χ1v) is 8.28. The quantitative estimate of drug-likeness (QED) is 0.696. The third-order valence-corrected chi connectivity index (χ3v) is 4.50. The van der Waals surface area contributed by atoms with Gasteiger partial charge in [0.05, 0.1) is 25.6 Å². The van der Waals surface area contributed by atoms with Crippen molar-refractivity contribution in [3.63, 3.8) is 0 Å². The molecular weight excluding hydrogens is 350 g/mol. The van der Waals surface area contributed by atoms with Gasteiger partial charge in [0.2, 0.25) is 5.89 Å². The molecule has 1 atom stereocenters. The van der Waals surface area contributed by atoms with Crippen molar-refractivity contribution in [2.75, 3.05) is 7.11 Å². The Hall–Kier alpha value is -3.55. The average Bonchev–Trinajstić information content (AvgIpc) is 3.41. The van der Waals surface area contributed by atoms with Crippen molar-refractivity contribution in [2.24, 2.45) is 0 Å². The van der Waals surface area contributed by atoms with Crippen LogP contribution in [0.2, 0.25) is 0 Å². The van der Waals surface area contributed by atoms with E-state index in [9.17, 15) is 9.59 Å². The Kier molecular flexibility index (Phi) is 3.95. The van der Waals surface area contributed by atoms with E-state index in [1.807, 2.05) is 12.1 Å². The molecule has 0 aliphatic carbocycles. The van der Waals surface area contributed by atoms with Crippen LogP contribution in [0.3, 0.4) is 0 Å². The van der Waals surface area contributed by atoms with Gasteiger partial charge in [0.1, 0.15) is 17.8 Å². The third kappa shape index (κ3) is 2.84. The fraction of sp³-hybridized carbons (Fsp3) is 0.211. The Morgan fingerprint density at radius 1 is 1.19 bits per heavy atom. The summed E-state index contributed by atoms with van der Waals surface area (Å²) >= 11 is 0. The van der Waals surface area contributed by atoms with E-state index in [2.05, 4.69) is 10.3 Å². The van der Waals surface area contributed by atoms with Gasteiger partial charge in [-0.3, -0.25) is 9.69 Å². The number of rotatable bonds is 5. The van der Waals surface area contributed by atoms with Gasteiger partial charge in [-0.1, -0.05) is 0 Å². The summed E-state index contributed by atoms with van der Waals surface area (Å²) in [7, 11) is 1.59. The lowest BCUT2D eigenvalue weighted by molar-refractivity contribution is -0.132. The van der Waals surface area contributed by atoms with E-state index in [-0.39, 0.29) is 6.54 Å². The fourth-order valence-electron chi connectivity index (χ4n) is 2.98. The summed E-state index contributed by atoms with van der Waals surface area (Å²) in [6.07, 6.45) is 2.89. The van der Waals surface area contributed by atoms with E-state index in [4.69, 9.17) is 13.6 Å². The number of hydrogen-bond acceptors (Lipinski definition) is 6. The molecule has 1 unspecified atom stereocenters. The SMILES string of the molecule is COc1ccc(-c2nc(CN3C(=O)NC(C)(c4ccco4)C3=O)co2)cc1. The molecule has 1 fully saturated rings. The average molecular weight is 367 g/mol. The van der Waals surface area contributed by atoms with E-state index in [1.54, 1.807) is 38.3 Å². The minimum absolute atomic E-state index is 0.000615. The molecule has 4 rings (SSSR count). The summed E-state index contributed by atoms with van der Waals surface area (Å²) in [4.78, 5) is 30.6. The van der Waals surface area contributed by atoms with Crippen molar-refractivity contribution < 1.29 is 23.2 Å². The number of imide groups is 1. The number of amides is 3. The van der Waals surface area contributed by atoms with Crippen LogP contribution in [0.15, 0.2) is 57.8 Å². The fourth-order valence-corrected chi connectivity index (χ4v) is 2.98. The lowest BCUT2D eigenvalue weighted by atomic mass is 9.99. The predicted molar refractivity (Wildman–Crippen MR) is 93.6 cm³/mol. The number of carbonyl (C=O) groups excluding carboxylic acids is 2. The molecule has 3 aromatic rings. The largest absolute Gasteiger partial charge is 0.497 e. The molecule has 2 aromatic heterocycles. The molecule has 0 bridgehead atoms. The molecule has 1 aliphatic heterocycles. The smallest absolute Gasteiger partial charge is 0.325 e. The molecule has 1 aromatic carbocycles. The van der Waals surface area contributed by atoms with E-state index in [1.165, 1.54) is 12.5 Å². The Balaban J connectivity index is 1.53. The number of nitrogens with one attached hydrogen (secondary N) is 1. The Bertz CT molecular complexity index is 977. The molecule has 3 heterocycles. The van der Waals surface area contributed by atoms with Crippen LogP contribution >= 0.6 is 0 Å². The lowest BCUT2D eigenvalue weighted by Crippen LogP contribution is -2.40. The van der Waals surface area contributed by atoms with Crippen molar-refractivity contribution in [2.45, 2.75) is 19.0 Å². The molecular formula is C19H17N3O5. The summed E-state index contributed by atoms with van der Waals surface area (Å²) in [5.41, 5.74) is -0.00366. The van der Waals surface area contributed by atoms with Gasteiger partial charge in [-0.25, -0.2) is 9.78 Å². The Labute approximate surface area is 154 Å². The standard InChI is InChI=1S/C19H17N3O5/c1-19(15-4-3-9-26-15)17(23)22(18(24)21-19)10-13-11-27-16(20-13)12-5-7-14(25-2)8-6-12/h3-9,11H,10H2,1-2H3,(H,21,24). The number of carbonyl (C=O) groups is 2. The molecule has 138 valence electrons. The highest BCUT2D eigenvalue weighted by atomic mass is 16.5. The van der Waals surface area contributed by atoms with Gasteiger partial charge in [-0.05, 0) is 43.3 Å². The number of hydrogen-bond donors (Lipinski definition) is 1. The molecule has 0 saturated carbocycles. The highest BCUT2D eigenvalue weighted by Gasteiger charge is 2.51. The monoisotopic (exact) mass is 367 g/mol. The van der Waals surface area contributed by atoms with Gasteiger partial charge < -0.3 is 18.9 Å². The zero-order chi connectivity index (χ0) is 19.0. The molecule has 0 radical (unpaired) electrons. The van der Waals surface area contributed by atoms with E-state index >= 15 is 0 Å².